The lowest BCUT2D eigenvalue weighted by Gasteiger charge is -2.08. The first-order chi connectivity index (χ1) is 9.49. The molecule has 2 aromatic rings. The lowest BCUT2D eigenvalue weighted by Crippen LogP contribution is -2.17. The zero-order valence-electron chi connectivity index (χ0n) is 9.80. The molecule has 0 saturated carbocycles. The highest BCUT2D eigenvalue weighted by atomic mass is 35.5. The van der Waals surface area contributed by atoms with Crippen LogP contribution in [0.4, 0.5) is 5.69 Å². The van der Waals surface area contributed by atoms with Gasteiger partial charge in [0, 0.05) is 6.20 Å². The third-order valence-electron chi connectivity index (χ3n) is 2.33. The molecular weight excluding hydrogens is 305 g/mol. The van der Waals surface area contributed by atoms with Gasteiger partial charge in [0.2, 0.25) is 0 Å². The van der Waals surface area contributed by atoms with E-state index in [2.05, 4.69) is 15.3 Å². The number of carbonyl (C=O) groups excluding carboxylic acids is 1. The number of halogens is 2. The Bertz CT molecular complexity index is 691. The molecule has 102 valence electrons. The first-order valence-electron chi connectivity index (χ1n) is 5.29. The van der Waals surface area contributed by atoms with Crippen molar-refractivity contribution in [2.24, 2.45) is 0 Å². The number of aromatic nitrogens is 2. The van der Waals surface area contributed by atoms with Crippen LogP contribution >= 0.6 is 23.2 Å². The number of amides is 1. The second-order valence-corrected chi connectivity index (χ2v) is 4.44. The third kappa shape index (κ3) is 3.04. The van der Waals surface area contributed by atoms with Gasteiger partial charge >= 0.3 is 5.97 Å². The molecule has 0 aliphatic carbocycles. The van der Waals surface area contributed by atoms with E-state index in [4.69, 9.17) is 28.3 Å². The van der Waals surface area contributed by atoms with E-state index in [0.29, 0.717) is 0 Å². The van der Waals surface area contributed by atoms with Crippen molar-refractivity contribution in [1.82, 2.24) is 9.97 Å². The standard InChI is InChI=1S/C12H7Cl2N3O3/c13-7-1-2-9(14)17-10(7)11(18)16-8-5-15-4-3-6(8)12(19)20/h1-5H,(H,16,18)(H,19,20). The van der Waals surface area contributed by atoms with Gasteiger partial charge in [-0.15, -0.1) is 0 Å². The summed E-state index contributed by atoms with van der Waals surface area (Å²) in [6.45, 7) is 0. The summed E-state index contributed by atoms with van der Waals surface area (Å²) in [6, 6.07) is 4.13. The fourth-order valence-electron chi connectivity index (χ4n) is 1.44. The van der Waals surface area contributed by atoms with E-state index in [1.807, 2.05) is 0 Å². The maximum Gasteiger partial charge on any atom is 0.337 e. The fraction of sp³-hybridized carbons (Fsp3) is 0. The van der Waals surface area contributed by atoms with E-state index >= 15 is 0 Å². The molecule has 8 heteroatoms. The number of hydrogen-bond donors (Lipinski definition) is 2. The number of carboxylic acids is 1. The summed E-state index contributed by atoms with van der Waals surface area (Å²) in [7, 11) is 0. The topological polar surface area (TPSA) is 92.2 Å². The van der Waals surface area contributed by atoms with E-state index < -0.39 is 11.9 Å². The van der Waals surface area contributed by atoms with Gasteiger partial charge in [-0.05, 0) is 18.2 Å². The molecule has 0 unspecified atom stereocenters. The smallest absolute Gasteiger partial charge is 0.337 e. The molecule has 2 aromatic heterocycles. The highest BCUT2D eigenvalue weighted by Gasteiger charge is 2.17. The third-order valence-corrected chi connectivity index (χ3v) is 2.84. The van der Waals surface area contributed by atoms with Gasteiger partial charge in [-0.2, -0.15) is 0 Å². The number of rotatable bonds is 3. The second kappa shape index (κ2) is 5.85. The van der Waals surface area contributed by atoms with Gasteiger partial charge < -0.3 is 10.4 Å². The molecule has 2 heterocycles. The Balaban J connectivity index is 2.33. The molecule has 0 atom stereocenters. The Morgan fingerprint density at radius 3 is 2.65 bits per heavy atom. The highest BCUT2D eigenvalue weighted by molar-refractivity contribution is 6.35. The quantitative estimate of drug-likeness (QED) is 0.850. The molecule has 0 fully saturated rings. The van der Waals surface area contributed by atoms with Crippen molar-refractivity contribution in [1.29, 1.82) is 0 Å². The maximum absolute atomic E-state index is 12.0. The van der Waals surface area contributed by atoms with Gasteiger partial charge in [0.25, 0.3) is 5.91 Å². The van der Waals surface area contributed by atoms with E-state index in [1.165, 1.54) is 30.6 Å². The molecule has 0 spiro atoms. The van der Waals surface area contributed by atoms with E-state index in [-0.39, 0.29) is 27.1 Å². The molecule has 1 amide bonds. The lowest BCUT2D eigenvalue weighted by molar-refractivity contribution is 0.0698. The van der Waals surface area contributed by atoms with Crippen LogP contribution in [0.1, 0.15) is 20.8 Å². The summed E-state index contributed by atoms with van der Waals surface area (Å²) in [6.07, 6.45) is 2.53. The van der Waals surface area contributed by atoms with E-state index in [0.717, 1.165) is 0 Å². The minimum absolute atomic E-state index is 0.0443. The van der Waals surface area contributed by atoms with Crippen molar-refractivity contribution in [2.45, 2.75) is 0 Å². The Morgan fingerprint density at radius 1 is 1.20 bits per heavy atom. The van der Waals surface area contributed by atoms with Crippen LogP contribution in [0.3, 0.4) is 0 Å². The van der Waals surface area contributed by atoms with Gasteiger partial charge in [-0.3, -0.25) is 9.78 Å². The van der Waals surface area contributed by atoms with Crippen molar-refractivity contribution >= 4 is 40.8 Å². The second-order valence-electron chi connectivity index (χ2n) is 3.64. The number of nitrogens with one attached hydrogen (secondary N) is 1. The zero-order valence-corrected chi connectivity index (χ0v) is 11.3. The molecule has 2 N–H and O–H groups in total. The summed E-state index contributed by atoms with van der Waals surface area (Å²) < 4.78 is 0. The average molecular weight is 312 g/mol. The molecule has 0 bridgehead atoms. The van der Waals surface area contributed by atoms with Crippen LogP contribution in [-0.4, -0.2) is 27.0 Å². The molecule has 20 heavy (non-hydrogen) atoms. The molecule has 0 aliphatic rings. The Kier molecular flexibility index (Phi) is 4.16. The van der Waals surface area contributed by atoms with E-state index in [9.17, 15) is 9.59 Å². The van der Waals surface area contributed by atoms with Crippen molar-refractivity contribution in [3.63, 3.8) is 0 Å². The highest BCUT2D eigenvalue weighted by Crippen LogP contribution is 2.19. The molecule has 0 aromatic carbocycles. The van der Waals surface area contributed by atoms with Gasteiger partial charge in [0.15, 0.2) is 0 Å². The van der Waals surface area contributed by atoms with Crippen LogP contribution in [-0.2, 0) is 0 Å². The van der Waals surface area contributed by atoms with Gasteiger partial charge in [-0.1, -0.05) is 23.2 Å². The largest absolute Gasteiger partial charge is 0.478 e. The van der Waals surface area contributed by atoms with Crippen LogP contribution in [0, 0.1) is 0 Å². The van der Waals surface area contributed by atoms with Gasteiger partial charge in [-0.25, -0.2) is 9.78 Å². The molecule has 6 nitrogen and oxygen atoms in total. The first-order valence-corrected chi connectivity index (χ1v) is 6.05. The number of anilines is 1. The summed E-state index contributed by atoms with van der Waals surface area (Å²) in [4.78, 5) is 30.6. The molecule has 2 rings (SSSR count). The Morgan fingerprint density at radius 2 is 1.95 bits per heavy atom. The predicted octanol–water partition coefficient (Wildman–Crippen LogP) is 2.73. The lowest BCUT2D eigenvalue weighted by atomic mass is 10.2. The molecule has 0 saturated heterocycles. The van der Waals surface area contributed by atoms with E-state index in [1.54, 1.807) is 0 Å². The van der Waals surface area contributed by atoms with Crippen LogP contribution in [0.25, 0.3) is 0 Å². The average Bonchev–Trinajstić information content (AvgIpc) is 2.41. The monoisotopic (exact) mass is 311 g/mol. The molecule has 0 aliphatic heterocycles. The van der Waals surface area contributed by atoms with Crippen LogP contribution in [0.15, 0.2) is 30.6 Å². The number of aromatic carboxylic acids is 1. The molecule has 0 radical (unpaired) electrons. The SMILES string of the molecule is O=C(O)c1ccncc1NC(=O)c1nc(Cl)ccc1Cl. The van der Waals surface area contributed by atoms with Gasteiger partial charge in [0.1, 0.15) is 10.8 Å². The molecular formula is C12H7Cl2N3O3. The van der Waals surface area contributed by atoms with Crippen molar-refractivity contribution in [3.8, 4) is 0 Å². The van der Waals surface area contributed by atoms with Crippen molar-refractivity contribution in [3.05, 3.63) is 52.0 Å². The van der Waals surface area contributed by atoms with Crippen LogP contribution in [0.5, 0.6) is 0 Å². The van der Waals surface area contributed by atoms with Crippen LogP contribution in [0.2, 0.25) is 10.2 Å². The number of hydrogen-bond acceptors (Lipinski definition) is 4. The number of nitrogens with zero attached hydrogens (tertiary/aromatic N) is 2. The normalized spacial score (nSPS) is 10.1. The van der Waals surface area contributed by atoms with Crippen LogP contribution < -0.4 is 5.32 Å². The fourth-order valence-corrected chi connectivity index (χ4v) is 1.78. The summed E-state index contributed by atoms with van der Waals surface area (Å²) in [5.41, 5.74) is -0.145. The number of pyridine rings is 2. The zero-order chi connectivity index (χ0) is 14.7. The minimum Gasteiger partial charge on any atom is -0.478 e. The number of carbonyl (C=O) groups is 2. The summed E-state index contributed by atoms with van der Waals surface area (Å²) in [5, 5.41) is 11.6. The first kappa shape index (κ1) is 14.2. The summed E-state index contributed by atoms with van der Waals surface area (Å²) >= 11 is 11.5. The Hall–Kier alpha value is -2.18. The summed E-state index contributed by atoms with van der Waals surface area (Å²) in [5.74, 6) is -1.86. The van der Waals surface area contributed by atoms with Gasteiger partial charge in [0.05, 0.1) is 22.5 Å². The Labute approximate surface area is 123 Å². The minimum atomic E-state index is -1.19. The van der Waals surface area contributed by atoms with Crippen molar-refractivity contribution < 1.29 is 14.7 Å². The number of carboxylic acid groups (broad SMARTS) is 1. The maximum atomic E-state index is 12.0. The predicted molar refractivity (Wildman–Crippen MR) is 73.4 cm³/mol. The van der Waals surface area contributed by atoms with Crippen molar-refractivity contribution in [2.75, 3.05) is 5.32 Å².